The summed E-state index contributed by atoms with van der Waals surface area (Å²) < 4.78 is 11.4. The predicted octanol–water partition coefficient (Wildman–Crippen LogP) is 4.30. The number of nitrogens with zero attached hydrogens (tertiary/aromatic N) is 2. The van der Waals surface area contributed by atoms with Crippen molar-refractivity contribution in [2.75, 3.05) is 24.9 Å². The first kappa shape index (κ1) is 18.2. The highest BCUT2D eigenvalue weighted by Crippen LogP contribution is 2.39. The fourth-order valence-corrected chi connectivity index (χ4v) is 3.94. The number of rotatable bonds is 5. The Bertz CT molecular complexity index is 1000. The molecule has 0 bridgehead atoms. The molecule has 1 aromatic heterocycles. The van der Waals surface area contributed by atoms with Gasteiger partial charge >= 0.3 is 0 Å². The molecule has 0 fully saturated rings. The van der Waals surface area contributed by atoms with E-state index in [9.17, 15) is 0 Å². The van der Waals surface area contributed by atoms with Gasteiger partial charge in [-0.3, -0.25) is 0 Å². The summed E-state index contributed by atoms with van der Waals surface area (Å²) in [5.41, 5.74) is 11.3. The van der Waals surface area contributed by atoms with Gasteiger partial charge in [0.2, 0.25) is 0 Å². The Balaban J connectivity index is 1.74. The van der Waals surface area contributed by atoms with Gasteiger partial charge in [0, 0.05) is 29.4 Å². The molecule has 144 valence electrons. The number of hydrogen-bond donors (Lipinski definition) is 1. The van der Waals surface area contributed by atoms with E-state index in [1.807, 2.05) is 24.3 Å². The van der Waals surface area contributed by atoms with Crippen LogP contribution in [0.15, 0.2) is 54.6 Å². The third-order valence-corrected chi connectivity index (χ3v) is 5.34. The predicted molar refractivity (Wildman–Crippen MR) is 113 cm³/mol. The fraction of sp³-hybridized carbons (Fsp3) is 0.261. The Labute approximate surface area is 165 Å². The fourth-order valence-electron chi connectivity index (χ4n) is 3.94. The standard InChI is InChI=1S/C23H25N3O2/c1-15-11-16-7-4-5-9-20(16)26(15)14-17-12-22(28-3)18(13-21(17)27-2)19-8-6-10-23(24)25-19/h4-10,12-13,15H,11,14H2,1-3H3,(H2,24,25). The number of fused-ring (bicyclic) bond motifs is 1. The Morgan fingerprint density at radius 2 is 1.82 bits per heavy atom. The number of aromatic nitrogens is 1. The normalized spacial score (nSPS) is 15.4. The van der Waals surface area contributed by atoms with Crippen molar-refractivity contribution in [1.82, 2.24) is 4.98 Å². The zero-order valence-corrected chi connectivity index (χ0v) is 16.5. The van der Waals surface area contributed by atoms with Crippen molar-refractivity contribution in [2.45, 2.75) is 25.9 Å². The van der Waals surface area contributed by atoms with Crippen LogP contribution in [0, 0.1) is 0 Å². The minimum absolute atomic E-state index is 0.434. The van der Waals surface area contributed by atoms with Crippen molar-refractivity contribution in [3.8, 4) is 22.8 Å². The molecule has 28 heavy (non-hydrogen) atoms. The van der Waals surface area contributed by atoms with Crippen molar-refractivity contribution in [2.24, 2.45) is 0 Å². The van der Waals surface area contributed by atoms with Crippen LogP contribution in [0.1, 0.15) is 18.1 Å². The summed E-state index contributed by atoms with van der Waals surface area (Å²) in [6.07, 6.45) is 1.06. The van der Waals surface area contributed by atoms with Crippen LogP contribution in [0.4, 0.5) is 11.5 Å². The second-order valence-corrected chi connectivity index (χ2v) is 7.12. The molecule has 2 aromatic carbocycles. The summed E-state index contributed by atoms with van der Waals surface area (Å²) in [4.78, 5) is 6.86. The van der Waals surface area contributed by atoms with E-state index in [0.29, 0.717) is 11.9 Å². The number of pyridine rings is 1. The molecule has 1 atom stereocenters. The van der Waals surface area contributed by atoms with Crippen molar-refractivity contribution in [3.05, 3.63) is 65.7 Å². The van der Waals surface area contributed by atoms with Crippen LogP contribution in [0.2, 0.25) is 0 Å². The molecule has 1 aliphatic rings. The summed E-state index contributed by atoms with van der Waals surface area (Å²) in [5, 5.41) is 0. The first-order valence-electron chi connectivity index (χ1n) is 9.43. The second kappa shape index (κ2) is 7.43. The van der Waals surface area contributed by atoms with E-state index in [2.05, 4.69) is 41.1 Å². The monoisotopic (exact) mass is 375 g/mol. The molecule has 0 spiro atoms. The smallest absolute Gasteiger partial charge is 0.128 e. The van der Waals surface area contributed by atoms with Crippen LogP contribution < -0.4 is 20.1 Å². The molecule has 0 radical (unpaired) electrons. The first-order valence-corrected chi connectivity index (χ1v) is 9.43. The van der Waals surface area contributed by atoms with E-state index in [0.717, 1.165) is 41.3 Å². The molecule has 5 nitrogen and oxygen atoms in total. The van der Waals surface area contributed by atoms with E-state index >= 15 is 0 Å². The highest BCUT2D eigenvalue weighted by atomic mass is 16.5. The lowest BCUT2D eigenvalue weighted by atomic mass is 10.0. The van der Waals surface area contributed by atoms with E-state index in [1.165, 1.54) is 11.3 Å². The molecule has 4 rings (SSSR count). The molecule has 0 saturated heterocycles. The van der Waals surface area contributed by atoms with Crippen molar-refractivity contribution in [3.63, 3.8) is 0 Å². The van der Waals surface area contributed by atoms with Crippen LogP contribution in [0.25, 0.3) is 11.3 Å². The molecule has 0 amide bonds. The topological polar surface area (TPSA) is 60.6 Å². The molecule has 2 heterocycles. The Morgan fingerprint density at radius 3 is 2.57 bits per heavy atom. The summed E-state index contributed by atoms with van der Waals surface area (Å²) >= 11 is 0. The molecule has 0 saturated carbocycles. The van der Waals surface area contributed by atoms with Gasteiger partial charge in [-0.1, -0.05) is 24.3 Å². The van der Waals surface area contributed by atoms with E-state index in [4.69, 9.17) is 15.2 Å². The molecule has 0 aliphatic carbocycles. The maximum atomic E-state index is 5.87. The van der Waals surface area contributed by atoms with Gasteiger partial charge in [0.15, 0.2) is 0 Å². The van der Waals surface area contributed by atoms with Gasteiger partial charge in [-0.25, -0.2) is 4.98 Å². The average molecular weight is 375 g/mol. The van der Waals surface area contributed by atoms with Crippen molar-refractivity contribution in [1.29, 1.82) is 0 Å². The molecule has 2 N–H and O–H groups in total. The van der Waals surface area contributed by atoms with Gasteiger partial charge in [-0.05, 0) is 49.2 Å². The average Bonchev–Trinajstić information content (AvgIpc) is 3.03. The van der Waals surface area contributed by atoms with Gasteiger partial charge in [0.1, 0.15) is 17.3 Å². The number of nitrogen functional groups attached to an aromatic ring is 1. The van der Waals surface area contributed by atoms with Crippen LogP contribution >= 0.6 is 0 Å². The summed E-state index contributed by atoms with van der Waals surface area (Å²) in [7, 11) is 3.37. The number of methoxy groups -OCH3 is 2. The summed E-state index contributed by atoms with van der Waals surface area (Å²) in [5.74, 6) is 2.05. The maximum Gasteiger partial charge on any atom is 0.128 e. The highest BCUT2D eigenvalue weighted by Gasteiger charge is 2.27. The molecular formula is C23H25N3O2. The second-order valence-electron chi connectivity index (χ2n) is 7.12. The number of anilines is 2. The number of hydrogen-bond acceptors (Lipinski definition) is 5. The van der Waals surface area contributed by atoms with Crippen molar-refractivity contribution >= 4 is 11.5 Å². The minimum atomic E-state index is 0.434. The number of ether oxygens (including phenoxy) is 2. The van der Waals surface area contributed by atoms with Crippen LogP contribution in [0.5, 0.6) is 11.5 Å². The zero-order chi connectivity index (χ0) is 19.7. The van der Waals surface area contributed by atoms with Gasteiger partial charge in [-0.2, -0.15) is 0 Å². The largest absolute Gasteiger partial charge is 0.496 e. The van der Waals surface area contributed by atoms with E-state index < -0.39 is 0 Å². The third kappa shape index (κ3) is 3.24. The van der Waals surface area contributed by atoms with Crippen LogP contribution in [-0.2, 0) is 13.0 Å². The number of para-hydroxylation sites is 1. The lowest BCUT2D eigenvalue weighted by molar-refractivity contribution is 0.399. The zero-order valence-electron chi connectivity index (χ0n) is 16.5. The highest BCUT2D eigenvalue weighted by molar-refractivity contribution is 5.72. The number of benzene rings is 2. The molecule has 5 heteroatoms. The lowest BCUT2D eigenvalue weighted by Crippen LogP contribution is -2.28. The third-order valence-electron chi connectivity index (χ3n) is 5.34. The van der Waals surface area contributed by atoms with Gasteiger partial charge in [0.05, 0.1) is 19.9 Å². The molecule has 3 aromatic rings. The Hall–Kier alpha value is -3.21. The Kier molecular flexibility index (Phi) is 4.82. The molecule has 1 aliphatic heterocycles. The quantitative estimate of drug-likeness (QED) is 0.720. The van der Waals surface area contributed by atoms with Crippen LogP contribution in [0.3, 0.4) is 0 Å². The van der Waals surface area contributed by atoms with Crippen LogP contribution in [-0.4, -0.2) is 25.2 Å². The summed E-state index contributed by atoms with van der Waals surface area (Å²) in [6, 6.07) is 18.6. The van der Waals surface area contributed by atoms with Gasteiger partial charge in [0.25, 0.3) is 0 Å². The first-order chi connectivity index (χ1) is 13.6. The number of nitrogens with two attached hydrogens (primary N) is 1. The lowest BCUT2D eigenvalue weighted by Gasteiger charge is -2.26. The molecular weight excluding hydrogens is 350 g/mol. The summed E-state index contributed by atoms with van der Waals surface area (Å²) in [6.45, 7) is 3.01. The molecule has 1 unspecified atom stereocenters. The van der Waals surface area contributed by atoms with Gasteiger partial charge in [-0.15, -0.1) is 0 Å². The van der Waals surface area contributed by atoms with Crippen molar-refractivity contribution < 1.29 is 9.47 Å². The van der Waals surface area contributed by atoms with E-state index in [-0.39, 0.29) is 0 Å². The SMILES string of the molecule is COc1cc(-c2cccc(N)n2)c(OC)cc1CN1c2ccccc2CC1C. The van der Waals surface area contributed by atoms with Gasteiger partial charge < -0.3 is 20.1 Å². The minimum Gasteiger partial charge on any atom is -0.496 e. The maximum absolute atomic E-state index is 5.87. The van der Waals surface area contributed by atoms with E-state index in [1.54, 1.807) is 20.3 Å². The Morgan fingerprint density at radius 1 is 1.04 bits per heavy atom.